The predicted molar refractivity (Wildman–Crippen MR) is 79.7 cm³/mol. The average Bonchev–Trinajstić information content (AvgIpc) is 3.00. The number of fused-ring (bicyclic) bond motifs is 1. The highest BCUT2D eigenvalue weighted by Crippen LogP contribution is 2.15. The molecule has 1 amide bonds. The number of carbonyl (C=O) groups is 1. The molecule has 1 aromatic carbocycles. The number of benzene rings is 1. The zero-order chi connectivity index (χ0) is 13.8. The van der Waals surface area contributed by atoms with Gasteiger partial charge in [0.25, 0.3) is 5.91 Å². The molecule has 1 unspecified atom stereocenters. The third-order valence-corrected chi connectivity index (χ3v) is 3.82. The van der Waals surface area contributed by atoms with E-state index in [1.165, 1.54) is 12.8 Å². The maximum Gasteiger partial charge on any atom is 0.253 e. The summed E-state index contributed by atoms with van der Waals surface area (Å²) >= 11 is 0. The maximum absolute atomic E-state index is 12.3. The van der Waals surface area contributed by atoms with Gasteiger partial charge in [0.2, 0.25) is 0 Å². The number of para-hydroxylation sites is 1. The second kappa shape index (κ2) is 6.01. The standard InChI is InChI=1S/C16H19N3O/c20-16(19-11-8-13-6-3-9-17-13)14-7-1-4-12-5-2-10-18-15(12)14/h1-2,4-5,7,10,13,17H,3,6,8-9,11H2,(H,19,20). The quantitative estimate of drug-likeness (QED) is 0.893. The minimum absolute atomic E-state index is 0.0349. The highest BCUT2D eigenvalue weighted by molar-refractivity contribution is 6.05. The minimum atomic E-state index is -0.0349. The molecular formula is C16H19N3O. The summed E-state index contributed by atoms with van der Waals surface area (Å²) in [5, 5.41) is 7.43. The largest absolute Gasteiger partial charge is 0.352 e. The molecule has 0 bridgehead atoms. The van der Waals surface area contributed by atoms with Crippen LogP contribution in [0.15, 0.2) is 36.5 Å². The van der Waals surface area contributed by atoms with Crippen LogP contribution in [0.1, 0.15) is 29.6 Å². The lowest BCUT2D eigenvalue weighted by Gasteiger charge is -2.11. The topological polar surface area (TPSA) is 54.0 Å². The molecule has 1 atom stereocenters. The van der Waals surface area contributed by atoms with Crippen LogP contribution in [-0.2, 0) is 0 Å². The molecule has 1 fully saturated rings. The molecule has 0 saturated carbocycles. The monoisotopic (exact) mass is 269 g/mol. The van der Waals surface area contributed by atoms with Gasteiger partial charge in [-0.2, -0.15) is 0 Å². The second-order valence-corrected chi connectivity index (χ2v) is 5.22. The summed E-state index contributed by atoms with van der Waals surface area (Å²) in [7, 11) is 0. The van der Waals surface area contributed by atoms with Gasteiger partial charge in [-0.3, -0.25) is 9.78 Å². The van der Waals surface area contributed by atoms with Crippen molar-refractivity contribution >= 4 is 16.8 Å². The van der Waals surface area contributed by atoms with Gasteiger partial charge in [0.05, 0.1) is 11.1 Å². The van der Waals surface area contributed by atoms with E-state index in [0.29, 0.717) is 18.2 Å². The molecule has 20 heavy (non-hydrogen) atoms. The van der Waals surface area contributed by atoms with Crippen molar-refractivity contribution in [1.82, 2.24) is 15.6 Å². The van der Waals surface area contributed by atoms with Gasteiger partial charge in [0, 0.05) is 24.2 Å². The van der Waals surface area contributed by atoms with Gasteiger partial charge in [-0.1, -0.05) is 18.2 Å². The Labute approximate surface area is 118 Å². The first-order valence-electron chi connectivity index (χ1n) is 7.20. The second-order valence-electron chi connectivity index (χ2n) is 5.22. The van der Waals surface area contributed by atoms with Crippen LogP contribution >= 0.6 is 0 Å². The van der Waals surface area contributed by atoms with E-state index in [-0.39, 0.29) is 5.91 Å². The van der Waals surface area contributed by atoms with E-state index < -0.39 is 0 Å². The van der Waals surface area contributed by atoms with Crippen LogP contribution in [0.4, 0.5) is 0 Å². The Balaban J connectivity index is 1.66. The summed E-state index contributed by atoms with van der Waals surface area (Å²) in [5.74, 6) is -0.0349. The lowest BCUT2D eigenvalue weighted by atomic mass is 10.1. The van der Waals surface area contributed by atoms with Gasteiger partial charge in [0.15, 0.2) is 0 Å². The molecule has 2 aromatic rings. The van der Waals surface area contributed by atoms with E-state index in [9.17, 15) is 4.79 Å². The third kappa shape index (κ3) is 2.80. The molecule has 1 aliphatic heterocycles. The number of nitrogens with zero attached hydrogens (tertiary/aromatic N) is 1. The Kier molecular flexibility index (Phi) is 3.92. The van der Waals surface area contributed by atoms with Crippen molar-refractivity contribution in [2.75, 3.05) is 13.1 Å². The van der Waals surface area contributed by atoms with Crippen LogP contribution in [-0.4, -0.2) is 30.0 Å². The van der Waals surface area contributed by atoms with Gasteiger partial charge in [-0.15, -0.1) is 0 Å². The first-order chi connectivity index (χ1) is 9.84. The zero-order valence-corrected chi connectivity index (χ0v) is 11.4. The van der Waals surface area contributed by atoms with Crippen LogP contribution in [0.3, 0.4) is 0 Å². The molecular weight excluding hydrogens is 250 g/mol. The molecule has 3 rings (SSSR count). The molecule has 2 heterocycles. The highest BCUT2D eigenvalue weighted by Gasteiger charge is 2.15. The number of amides is 1. The molecule has 4 nitrogen and oxygen atoms in total. The minimum Gasteiger partial charge on any atom is -0.352 e. The van der Waals surface area contributed by atoms with Crippen molar-refractivity contribution < 1.29 is 4.79 Å². The number of aromatic nitrogens is 1. The third-order valence-electron chi connectivity index (χ3n) is 3.82. The molecule has 104 valence electrons. The maximum atomic E-state index is 12.3. The normalized spacial score (nSPS) is 18.3. The summed E-state index contributed by atoms with van der Waals surface area (Å²) in [6.45, 7) is 1.81. The number of rotatable bonds is 4. The van der Waals surface area contributed by atoms with Crippen LogP contribution in [0, 0.1) is 0 Å². The lowest BCUT2D eigenvalue weighted by molar-refractivity contribution is 0.0954. The van der Waals surface area contributed by atoms with Gasteiger partial charge >= 0.3 is 0 Å². The van der Waals surface area contributed by atoms with Gasteiger partial charge in [0.1, 0.15) is 0 Å². The molecule has 0 aliphatic carbocycles. The Morgan fingerprint density at radius 2 is 2.25 bits per heavy atom. The van der Waals surface area contributed by atoms with Gasteiger partial charge < -0.3 is 10.6 Å². The van der Waals surface area contributed by atoms with Crippen molar-refractivity contribution in [3.8, 4) is 0 Å². The SMILES string of the molecule is O=C(NCCC1CCCN1)c1cccc2cccnc12. The molecule has 1 saturated heterocycles. The fourth-order valence-corrected chi connectivity index (χ4v) is 2.75. The number of hydrogen-bond acceptors (Lipinski definition) is 3. The molecule has 2 N–H and O–H groups in total. The van der Waals surface area contributed by atoms with Crippen molar-refractivity contribution in [2.24, 2.45) is 0 Å². The first kappa shape index (κ1) is 13.1. The van der Waals surface area contributed by atoms with Crippen LogP contribution in [0.2, 0.25) is 0 Å². The number of nitrogens with one attached hydrogen (secondary N) is 2. The molecule has 0 spiro atoms. The first-order valence-corrected chi connectivity index (χ1v) is 7.20. The smallest absolute Gasteiger partial charge is 0.253 e. The lowest BCUT2D eigenvalue weighted by Crippen LogP contribution is -2.30. The summed E-state index contributed by atoms with van der Waals surface area (Å²) in [6.07, 6.45) is 5.17. The Hall–Kier alpha value is -1.94. The van der Waals surface area contributed by atoms with Crippen molar-refractivity contribution in [3.63, 3.8) is 0 Å². The molecule has 1 aliphatic rings. The Morgan fingerprint density at radius 1 is 1.35 bits per heavy atom. The summed E-state index contributed by atoms with van der Waals surface area (Å²) in [5.41, 5.74) is 1.42. The fourth-order valence-electron chi connectivity index (χ4n) is 2.75. The number of pyridine rings is 1. The average molecular weight is 269 g/mol. The molecule has 0 radical (unpaired) electrons. The molecule has 4 heteroatoms. The van der Waals surface area contributed by atoms with E-state index in [1.807, 2.05) is 30.3 Å². The Morgan fingerprint density at radius 3 is 3.10 bits per heavy atom. The van der Waals surface area contributed by atoms with E-state index >= 15 is 0 Å². The van der Waals surface area contributed by atoms with E-state index in [1.54, 1.807) is 6.20 Å². The van der Waals surface area contributed by atoms with E-state index in [2.05, 4.69) is 15.6 Å². The summed E-state index contributed by atoms with van der Waals surface area (Å²) in [4.78, 5) is 16.6. The van der Waals surface area contributed by atoms with Gasteiger partial charge in [-0.25, -0.2) is 0 Å². The van der Waals surface area contributed by atoms with E-state index in [0.717, 1.165) is 23.9 Å². The number of hydrogen-bond donors (Lipinski definition) is 2. The van der Waals surface area contributed by atoms with Crippen LogP contribution in [0.25, 0.3) is 10.9 Å². The van der Waals surface area contributed by atoms with Crippen molar-refractivity contribution in [3.05, 3.63) is 42.1 Å². The van der Waals surface area contributed by atoms with Crippen molar-refractivity contribution in [2.45, 2.75) is 25.3 Å². The predicted octanol–water partition coefficient (Wildman–Crippen LogP) is 2.11. The van der Waals surface area contributed by atoms with Crippen LogP contribution in [0.5, 0.6) is 0 Å². The Bertz CT molecular complexity index is 600. The van der Waals surface area contributed by atoms with Crippen LogP contribution < -0.4 is 10.6 Å². The number of carbonyl (C=O) groups excluding carboxylic acids is 1. The highest BCUT2D eigenvalue weighted by atomic mass is 16.1. The van der Waals surface area contributed by atoms with E-state index in [4.69, 9.17) is 0 Å². The zero-order valence-electron chi connectivity index (χ0n) is 11.4. The van der Waals surface area contributed by atoms with Crippen molar-refractivity contribution in [1.29, 1.82) is 0 Å². The fraction of sp³-hybridized carbons (Fsp3) is 0.375. The van der Waals surface area contributed by atoms with Gasteiger partial charge in [-0.05, 0) is 37.9 Å². The summed E-state index contributed by atoms with van der Waals surface area (Å²) < 4.78 is 0. The summed E-state index contributed by atoms with van der Waals surface area (Å²) in [6, 6.07) is 10.1. The molecule has 1 aromatic heterocycles.